The molecule has 2 aromatic rings. The zero-order valence-corrected chi connectivity index (χ0v) is 17.7. The summed E-state index contributed by atoms with van der Waals surface area (Å²) < 4.78 is 51.0. The van der Waals surface area contributed by atoms with Crippen LogP contribution in [0.15, 0.2) is 52.3 Å². The van der Waals surface area contributed by atoms with Crippen LogP contribution in [0.25, 0.3) is 0 Å². The van der Waals surface area contributed by atoms with E-state index in [1.165, 1.54) is 25.2 Å². The van der Waals surface area contributed by atoms with Crippen LogP contribution < -0.4 is 10.0 Å². The Balaban J connectivity index is 2.04. The number of hydrogen-bond acceptors (Lipinski definition) is 5. The fourth-order valence-corrected chi connectivity index (χ4v) is 5.06. The maximum Gasteiger partial charge on any atom is 0.251 e. The highest BCUT2D eigenvalue weighted by Crippen LogP contribution is 2.21. The van der Waals surface area contributed by atoms with Crippen molar-refractivity contribution in [2.24, 2.45) is 0 Å². The van der Waals surface area contributed by atoms with Crippen LogP contribution >= 0.6 is 0 Å². The summed E-state index contributed by atoms with van der Waals surface area (Å²) in [6.07, 6.45) is 0.246. The predicted molar refractivity (Wildman–Crippen MR) is 108 cm³/mol. The molecular weight excluding hydrogens is 400 g/mol. The Morgan fingerprint density at radius 2 is 1.64 bits per heavy atom. The highest BCUT2D eigenvalue weighted by molar-refractivity contribution is 7.91. The van der Waals surface area contributed by atoms with Gasteiger partial charge in [-0.3, -0.25) is 4.79 Å². The van der Waals surface area contributed by atoms with Crippen molar-refractivity contribution in [3.05, 3.63) is 59.2 Å². The van der Waals surface area contributed by atoms with Crippen LogP contribution in [-0.4, -0.2) is 42.1 Å². The molecule has 0 radical (unpaired) electrons. The summed E-state index contributed by atoms with van der Waals surface area (Å²) in [5.74, 6) is -0.545. The Hall–Kier alpha value is -2.23. The molecule has 0 unspecified atom stereocenters. The molecular formula is C19H24N2O5S2. The fraction of sp³-hybridized carbons (Fsp3) is 0.316. The average Bonchev–Trinajstić information content (AvgIpc) is 2.67. The molecule has 1 amide bonds. The molecule has 0 fully saturated rings. The van der Waals surface area contributed by atoms with E-state index in [0.717, 1.165) is 0 Å². The molecule has 2 N–H and O–H groups in total. The molecule has 0 bridgehead atoms. The Morgan fingerprint density at radius 1 is 1.00 bits per heavy atom. The number of amides is 1. The number of carbonyl (C=O) groups is 1. The van der Waals surface area contributed by atoms with Gasteiger partial charge in [0, 0.05) is 12.1 Å². The first kappa shape index (κ1) is 22.1. The van der Waals surface area contributed by atoms with E-state index in [2.05, 4.69) is 10.0 Å². The van der Waals surface area contributed by atoms with Gasteiger partial charge in [-0.2, -0.15) is 0 Å². The smallest absolute Gasteiger partial charge is 0.251 e. The third-order valence-electron chi connectivity index (χ3n) is 4.42. The van der Waals surface area contributed by atoms with Crippen LogP contribution in [-0.2, 0) is 19.9 Å². The van der Waals surface area contributed by atoms with Crippen molar-refractivity contribution in [3.8, 4) is 0 Å². The van der Waals surface area contributed by atoms with Gasteiger partial charge in [-0.1, -0.05) is 18.2 Å². The van der Waals surface area contributed by atoms with Crippen LogP contribution in [0.1, 0.15) is 27.9 Å². The van der Waals surface area contributed by atoms with Gasteiger partial charge >= 0.3 is 0 Å². The molecule has 0 saturated heterocycles. The molecule has 0 aliphatic carbocycles. The van der Waals surface area contributed by atoms with Crippen LogP contribution in [0, 0.1) is 13.8 Å². The summed E-state index contributed by atoms with van der Waals surface area (Å²) in [6.45, 7) is 3.56. The molecule has 2 rings (SSSR count). The lowest BCUT2D eigenvalue weighted by molar-refractivity contribution is 0.0953. The molecule has 0 heterocycles. The van der Waals surface area contributed by atoms with E-state index in [1.54, 1.807) is 38.1 Å². The minimum Gasteiger partial charge on any atom is -0.352 e. The largest absolute Gasteiger partial charge is 0.352 e. The molecule has 0 aliphatic heterocycles. The summed E-state index contributed by atoms with van der Waals surface area (Å²) in [4.78, 5) is 12.7. The number of benzene rings is 2. The summed E-state index contributed by atoms with van der Waals surface area (Å²) in [5.41, 5.74) is 1.45. The van der Waals surface area contributed by atoms with Crippen LogP contribution in [0.3, 0.4) is 0 Å². The number of aryl methyl sites for hydroxylation is 1. The minimum absolute atomic E-state index is 0.0480. The van der Waals surface area contributed by atoms with Gasteiger partial charge in [0.05, 0.1) is 15.5 Å². The molecule has 9 heteroatoms. The maximum atomic E-state index is 12.4. The number of sulfonamides is 1. The lowest BCUT2D eigenvalue weighted by Crippen LogP contribution is -2.27. The van der Waals surface area contributed by atoms with E-state index in [0.29, 0.717) is 11.1 Å². The number of hydrogen-bond donors (Lipinski definition) is 2. The normalized spacial score (nSPS) is 12.0. The van der Waals surface area contributed by atoms with Crippen LogP contribution in [0.4, 0.5) is 0 Å². The first-order valence-corrected chi connectivity index (χ1v) is 11.8. The monoisotopic (exact) mass is 424 g/mol. The summed E-state index contributed by atoms with van der Waals surface area (Å²) in [6, 6.07) is 11.1. The molecule has 0 saturated carbocycles. The van der Waals surface area contributed by atoms with E-state index >= 15 is 0 Å². The highest BCUT2D eigenvalue weighted by Gasteiger charge is 2.19. The first-order valence-electron chi connectivity index (χ1n) is 8.69. The predicted octanol–water partition coefficient (Wildman–Crippen LogP) is 1.81. The van der Waals surface area contributed by atoms with Crippen molar-refractivity contribution in [3.63, 3.8) is 0 Å². The van der Waals surface area contributed by atoms with Crippen molar-refractivity contribution in [1.29, 1.82) is 0 Å². The van der Waals surface area contributed by atoms with Crippen molar-refractivity contribution in [2.45, 2.75) is 30.1 Å². The molecule has 2 aromatic carbocycles. The van der Waals surface area contributed by atoms with Crippen molar-refractivity contribution >= 4 is 25.8 Å². The Kier molecular flexibility index (Phi) is 6.97. The Morgan fingerprint density at radius 3 is 2.25 bits per heavy atom. The molecule has 7 nitrogen and oxygen atoms in total. The Bertz CT molecular complexity index is 1060. The van der Waals surface area contributed by atoms with E-state index in [1.807, 2.05) is 0 Å². The molecule has 0 aromatic heterocycles. The van der Waals surface area contributed by atoms with E-state index in [9.17, 15) is 21.6 Å². The van der Waals surface area contributed by atoms with Crippen molar-refractivity contribution in [2.75, 3.05) is 19.3 Å². The molecule has 0 spiro atoms. The summed E-state index contributed by atoms with van der Waals surface area (Å²) in [7, 11) is -5.79. The van der Waals surface area contributed by atoms with Crippen LogP contribution in [0.2, 0.25) is 0 Å². The van der Waals surface area contributed by atoms with Crippen molar-refractivity contribution < 1.29 is 21.6 Å². The lowest BCUT2D eigenvalue weighted by atomic mass is 10.1. The third kappa shape index (κ3) is 5.18. The van der Waals surface area contributed by atoms with E-state index < -0.39 is 25.8 Å². The standard InChI is InChI=1S/C19H24N2O5S2/c1-14-12-16(13-18(15(14)2)28(25,26)20-3)19(22)21-10-7-11-27(23,24)17-8-5-4-6-9-17/h4-6,8-9,12-13,20H,7,10-11H2,1-3H3,(H,21,22). The van der Waals surface area contributed by atoms with Gasteiger partial charge in [0.15, 0.2) is 9.84 Å². The fourth-order valence-electron chi connectivity index (χ4n) is 2.66. The second kappa shape index (κ2) is 8.85. The van der Waals surface area contributed by atoms with Crippen LogP contribution in [0.5, 0.6) is 0 Å². The highest BCUT2D eigenvalue weighted by atomic mass is 32.2. The number of nitrogens with one attached hydrogen (secondary N) is 2. The average molecular weight is 425 g/mol. The molecule has 152 valence electrons. The lowest BCUT2D eigenvalue weighted by Gasteiger charge is -2.12. The van der Waals surface area contributed by atoms with Crippen molar-refractivity contribution in [1.82, 2.24) is 10.0 Å². The first-order chi connectivity index (χ1) is 13.1. The minimum atomic E-state index is -3.69. The zero-order chi connectivity index (χ0) is 20.9. The second-order valence-corrected chi connectivity index (χ2v) is 10.3. The quantitative estimate of drug-likeness (QED) is 0.628. The van der Waals surface area contributed by atoms with Gasteiger partial charge in [-0.15, -0.1) is 0 Å². The van der Waals surface area contributed by atoms with Gasteiger partial charge in [0.2, 0.25) is 10.0 Å². The van der Waals surface area contributed by atoms with Gasteiger partial charge in [-0.05, 0) is 62.7 Å². The number of carbonyl (C=O) groups excluding carboxylic acids is 1. The van der Waals surface area contributed by atoms with Gasteiger partial charge in [0.25, 0.3) is 5.91 Å². The third-order valence-corrected chi connectivity index (χ3v) is 7.77. The zero-order valence-electron chi connectivity index (χ0n) is 16.0. The van der Waals surface area contributed by atoms with E-state index in [4.69, 9.17) is 0 Å². The van der Waals surface area contributed by atoms with Gasteiger partial charge in [0.1, 0.15) is 0 Å². The molecule has 0 atom stereocenters. The molecule has 28 heavy (non-hydrogen) atoms. The topological polar surface area (TPSA) is 109 Å². The number of rotatable bonds is 8. The van der Waals surface area contributed by atoms with Gasteiger partial charge in [-0.25, -0.2) is 21.6 Å². The molecule has 0 aliphatic rings. The van der Waals surface area contributed by atoms with E-state index in [-0.39, 0.29) is 34.1 Å². The summed E-state index contributed by atoms with van der Waals surface area (Å²) >= 11 is 0. The SMILES string of the molecule is CNS(=O)(=O)c1cc(C(=O)NCCCS(=O)(=O)c2ccccc2)cc(C)c1C. The second-order valence-electron chi connectivity index (χ2n) is 6.37. The number of sulfone groups is 1. The Labute approximate surface area is 166 Å². The van der Waals surface area contributed by atoms with Gasteiger partial charge < -0.3 is 5.32 Å². The summed E-state index contributed by atoms with van der Waals surface area (Å²) in [5, 5.41) is 2.65. The maximum absolute atomic E-state index is 12.4.